The fraction of sp³-hybridized carbons (Fsp3) is 0.529. The van der Waals surface area contributed by atoms with E-state index in [1.807, 2.05) is 0 Å². The van der Waals surface area contributed by atoms with Gasteiger partial charge >= 0.3 is 0 Å². The van der Waals surface area contributed by atoms with Crippen LogP contribution in [0.5, 0.6) is 0 Å². The fourth-order valence-corrected chi connectivity index (χ4v) is 3.15. The number of nitrogens with zero attached hydrogens (tertiary/aromatic N) is 2. The van der Waals surface area contributed by atoms with Gasteiger partial charge in [-0.1, -0.05) is 32.1 Å². The number of imidazole rings is 1. The second-order valence-electron chi connectivity index (χ2n) is 6.13. The van der Waals surface area contributed by atoms with Crippen molar-refractivity contribution in [1.29, 1.82) is 0 Å². The fourth-order valence-electron chi connectivity index (χ4n) is 3.15. The van der Waals surface area contributed by atoms with Gasteiger partial charge in [0, 0.05) is 18.4 Å². The van der Waals surface area contributed by atoms with Gasteiger partial charge in [0.2, 0.25) is 5.91 Å². The van der Waals surface area contributed by atoms with E-state index in [1.165, 1.54) is 44.4 Å². The number of fused-ring (bicyclic) bond motifs is 1. The standard InChI is InChI=1S/C17H22FN3O/c18-13-8-9-16-19-15(12-21(16)11-13)10-17(22)20-14-6-4-2-1-3-5-7-14/h8-9,11-12,14H,1-7,10H2,(H,20,22). The molecule has 2 heterocycles. The number of hydrogen-bond donors (Lipinski definition) is 1. The number of amides is 1. The molecule has 0 bridgehead atoms. The number of aromatic nitrogens is 2. The van der Waals surface area contributed by atoms with Crippen LogP contribution in [0.3, 0.4) is 0 Å². The molecular formula is C17H22FN3O. The molecule has 0 atom stereocenters. The van der Waals surface area contributed by atoms with Gasteiger partial charge < -0.3 is 9.72 Å². The van der Waals surface area contributed by atoms with Gasteiger partial charge in [-0.15, -0.1) is 0 Å². The zero-order valence-electron chi connectivity index (χ0n) is 12.7. The van der Waals surface area contributed by atoms with E-state index in [1.54, 1.807) is 16.7 Å². The van der Waals surface area contributed by atoms with Gasteiger partial charge in [0.25, 0.3) is 0 Å². The first kappa shape index (κ1) is 15.0. The largest absolute Gasteiger partial charge is 0.353 e. The summed E-state index contributed by atoms with van der Waals surface area (Å²) >= 11 is 0. The second-order valence-corrected chi connectivity index (χ2v) is 6.13. The third kappa shape index (κ3) is 3.84. The maximum Gasteiger partial charge on any atom is 0.226 e. The third-order valence-electron chi connectivity index (χ3n) is 4.28. The number of halogens is 1. The molecule has 22 heavy (non-hydrogen) atoms. The minimum atomic E-state index is -0.310. The van der Waals surface area contributed by atoms with Crippen molar-refractivity contribution in [3.8, 4) is 0 Å². The number of carbonyl (C=O) groups is 1. The average molecular weight is 303 g/mol. The van der Waals surface area contributed by atoms with E-state index < -0.39 is 0 Å². The van der Waals surface area contributed by atoms with Crippen LogP contribution in [-0.2, 0) is 11.2 Å². The number of carbonyl (C=O) groups excluding carboxylic acids is 1. The summed E-state index contributed by atoms with van der Waals surface area (Å²) < 4.78 is 14.8. The zero-order valence-corrected chi connectivity index (χ0v) is 12.7. The van der Waals surface area contributed by atoms with Crippen molar-refractivity contribution in [2.45, 2.75) is 57.4 Å². The van der Waals surface area contributed by atoms with Crippen LogP contribution in [-0.4, -0.2) is 21.3 Å². The Balaban J connectivity index is 1.59. The molecule has 1 amide bonds. The molecule has 0 spiro atoms. The van der Waals surface area contributed by atoms with Crippen molar-refractivity contribution in [2.24, 2.45) is 0 Å². The Morgan fingerprint density at radius 2 is 1.91 bits per heavy atom. The molecular weight excluding hydrogens is 281 g/mol. The van der Waals surface area contributed by atoms with Gasteiger partial charge in [0.05, 0.1) is 12.1 Å². The lowest BCUT2D eigenvalue weighted by atomic mass is 9.96. The predicted octanol–water partition coefficient (Wildman–Crippen LogP) is 3.25. The zero-order chi connectivity index (χ0) is 15.4. The SMILES string of the molecule is O=C(Cc1cn2cc(F)ccc2n1)NC1CCCCCCC1. The Bertz CT molecular complexity index is 644. The molecule has 1 aliphatic carbocycles. The highest BCUT2D eigenvalue weighted by Crippen LogP contribution is 2.17. The first-order valence-corrected chi connectivity index (χ1v) is 8.13. The third-order valence-corrected chi connectivity index (χ3v) is 4.28. The molecule has 3 rings (SSSR count). The molecule has 1 N–H and O–H groups in total. The molecule has 0 saturated heterocycles. The maximum atomic E-state index is 13.2. The van der Waals surface area contributed by atoms with Crippen LogP contribution in [0.15, 0.2) is 24.5 Å². The van der Waals surface area contributed by atoms with E-state index in [-0.39, 0.29) is 18.1 Å². The predicted molar refractivity (Wildman–Crippen MR) is 83.1 cm³/mol. The van der Waals surface area contributed by atoms with Gasteiger partial charge in [-0.2, -0.15) is 0 Å². The van der Waals surface area contributed by atoms with Crippen molar-refractivity contribution in [2.75, 3.05) is 0 Å². The molecule has 1 aliphatic rings. The van der Waals surface area contributed by atoms with E-state index in [4.69, 9.17) is 0 Å². The maximum absolute atomic E-state index is 13.2. The molecule has 0 radical (unpaired) electrons. The van der Waals surface area contributed by atoms with E-state index in [0.29, 0.717) is 17.4 Å². The van der Waals surface area contributed by atoms with Gasteiger partial charge in [-0.05, 0) is 25.0 Å². The molecule has 2 aromatic heterocycles. The molecule has 4 nitrogen and oxygen atoms in total. The normalized spacial score (nSPS) is 17.1. The van der Waals surface area contributed by atoms with E-state index in [2.05, 4.69) is 10.3 Å². The molecule has 0 aliphatic heterocycles. The van der Waals surface area contributed by atoms with Crippen molar-refractivity contribution >= 4 is 11.6 Å². The Labute approximate surface area is 129 Å². The number of pyridine rings is 1. The number of rotatable bonds is 3. The van der Waals surface area contributed by atoms with E-state index in [9.17, 15) is 9.18 Å². The van der Waals surface area contributed by atoms with Crippen LogP contribution >= 0.6 is 0 Å². The van der Waals surface area contributed by atoms with Gasteiger partial charge in [-0.25, -0.2) is 9.37 Å². The Kier molecular flexibility index (Phi) is 4.71. The van der Waals surface area contributed by atoms with Gasteiger partial charge in [-0.3, -0.25) is 4.79 Å². The summed E-state index contributed by atoms with van der Waals surface area (Å²) in [6.07, 6.45) is 11.7. The smallest absolute Gasteiger partial charge is 0.226 e. The number of hydrogen-bond acceptors (Lipinski definition) is 2. The molecule has 0 unspecified atom stereocenters. The summed E-state index contributed by atoms with van der Waals surface area (Å²) in [4.78, 5) is 16.5. The van der Waals surface area contributed by atoms with Crippen molar-refractivity contribution < 1.29 is 9.18 Å². The molecule has 5 heteroatoms. The monoisotopic (exact) mass is 303 g/mol. The highest BCUT2D eigenvalue weighted by Gasteiger charge is 2.15. The summed E-state index contributed by atoms with van der Waals surface area (Å²) in [6.45, 7) is 0. The molecule has 0 aromatic carbocycles. The minimum Gasteiger partial charge on any atom is -0.353 e. The average Bonchev–Trinajstić information content (AvgIpc) is 2.82. The highest BCUT2D eigenvalue weighted by atomic mass is 19.1. The second kappa shape index (κ2) is 6.90. The quantitative estimate of drug-likeness (QED) is 0.946. The lowest BCUT2D eigenvalue weighted by Crippen LogP contribution is -2.36. The lowest BCUT2D eigenvalue weighted by Gasteiger charge is -2.20. The first-order chi connectivity index (χ1) is 10.7. The van der Waals surface area contributed by atoms with Crippen molar-refractivity contribution in [1.82, 2.24) is 14.7 Å². The summed E-state index contributed by atoms with van der Waals surface area (Å²) in [5, 5.41) is 3.13. The Hall–Kier alpha value is -1.91. The number of nitrogens with one attached hydrogen (secondary N) is 1. The molecule has 1 fully saturated rings. The first-order valence-electron chi connectivity index (χ1n) is 8.13. The summed E-state index contributed by atoms with van der Waals surface area (Å²) in [7, 11) is 0. The van der Waals surface area contributed by atoms with Crippen LogP contribution in [0.25, 0.3) is 5.65 Å². The Morgan fingerprint density at radius 3 is 2.68 bits per heavy atom. The molecule has 2 aromatic rings. The van der Waals surface area contributed by atoms with Crippen LogP contribution in [0.4, 0.5) is 4.39 Å². The highest BCUT2D eigenvalue weighted by molar-refractivity contribution is 5.78. The lowest BCUT2D eigenvalue weighted by molar-refractivity contribution is -0.121. The van der Waals surface area contributed by atoms with E-state index >= 15 is 0 Å². The summed E-state index contributed by atoms with van der Waals surface area (Å²) in [6, 6.07) is 3.29. The Morgan fingerprint density at radius 1 is 1.18 bits per heavy atom. The molecule has 1 saturated carbocycles. The van der Waals surface area contributed by atoms with Crippen LogP contribution in [0, 0.1) is 5.82 Å². The topological polar surface area (TPSA) is 46.4 Å². The van der Waals surface area contributed by atoms with E-state index in [0.717, 1.165) is 12.8 Å². The van der Waals surface area contributed by atoms with Crippen molar-refractivity contribution in [3.05, 3.63) is 36.0 Å². The van der Waals surface area contributed by atoms with Crippen LogP contribution < -0.4 is 5.32 Å². The van der Waals surface area contributed by atoms with Crippen LogP contribution in [0.2, 0.25) is 0 Å². The summed E-state index contributed by atoms with van der Waals surface area (Å²) in [5.41, 5.74) is 1.34. The van der Waals surface area contributed by atoms with Crippen LogP contribution in [0.1, 0.15) is 50.6 Å². The molecule has 118 valence electrons. The van der Waals surface area contributed by atoms with Crippen molar-refractivity contribution in [3.63, 3.8) is 0 Å². The minimum absolute atomic E-state index is 0.00875. The van der Waals surface area contributed by atoms with Gasteiger partial charge in [0.1, 0.15) is 11.5 Å². The summed E-state index contributed by atoms with van der Waals surface area (Å²) in [5.74, 6) is -0.301. The van der Waals surface area contributed by atoms with Gasteiger partial charge in [0.15, 0.2) is 0 Å².